The van der Waals surface area contributed by atoms with Crippen LogP contribution in [-0.4, -0.2) is 50.1 Å². The lowest BCUT2D eigenvalue weighted by molar-refractivity contribution is -0.121. The molecule has 1 aliphatic heterocycles. The van der Waals surface area contributed by atoms with Crippen LogP contribution in [0.3, 0.4) is 0 Å². The van der Waals surface area contributed by atoms with Gasteiger partial charge in [0, 0.05) is 12.1 Å². The lowest BCUT2D eigenvalue weighted by Crippen LogP contribution is -2.45. The summed E-state index contributed by atoms with van der Waals surface area (Å²) in [6.07, 6.45) is 3.61. The molecule has 2 aromatic heterocycles. The summed E-state index contributed by atoms with van der Waals surface area (Å²) in [6, 6.07) is 5.31. The number of carbonyl (C=O) groups excluding carboxylic acids is 1. The van der Waals surface area contributed by atoms with Crippen LogP contribution in [0, 0.1) is 6.92 Å². The summed E-state index contributed by atoms with van der Waals surface area (Å²) in [7, 11) is 0. The van der Waals surface area contributed by atoms with Gasteiger partial charge in [-0.05, 0) is 51.9 Å². The van der Waals surface area contributed by atoms with E-state index >= 15 is 0 Å². The molecule has 1 atom stereocenters. The van der Waals surface area contributed by atoms with E-state index in [2.05, 4.69) is 30.4 Å². The molecule has 7 heteroatoms. The Labute approximate surface area is 135 Å². The Balaban J connectivity index is 1.53. The molecule has 0 saturated carbocycles. The largest absolute Gasteiger partial charge is 0.309 e. The third-order valence-electron chi connectivity index (χ3n) is 4.35. The van der Waals surface area contributed by atoms with Gasteiger partial charge in [-0.3, -0.25) is 14.8 Å². The second-order valence-electron chi connectivity index (χ2n) is 5.97. The molecule has 3 rings (SSSR count). The monoisotopic (exact) mass is 314 g/mol. The Morgan fingerprint density at radius 1 is 1.39 bits per heavy atom. The number of aromatic amines is 1. The lowest BCUT2D eigenvalue weighted by Gasteiger charge is -2.34. The number of hydrogen-bond donors (Lipinski definition) is 2. The Hall–Kier alpha value is -2.28. The Morgan fingerprint density at radius 2 is 2.17 bits per heavy atom. The van der Waals surface area contributed by atoms with E-state index in [1.165, 1.54) is 0 Å². The standard InChI is InChI=1S/C16H22N6O/c1-11(16(23)19-14-5-3-4-8-17-14)22-9-6-13(7-10-22)15-18-12(2)20-21-15/h3-5,8,11,13H,6-7,9-10H2,1-2H3,(H,17,19,23)(H,18,20,21)/t11-/m0/s1. The smallest absolute Gasteiger partial charge is 0.242 e. The number of pyridine rings is 1. The third kappa shape index (κ3) is 3.73. The predicted octanol–water partition coefficient (Wildman–Crippen LogP) is 1.71. The molecule has 1 saturated heterocycles. The van der Waals surface area contributed by atoms with Gasteiger partial charge in [0.2, 0.25) is 5.91 Å². The van der Waals surface area contributed by atoms with E-state index < -0.39 is 0 Å². The molecular formula is C16H22N6O. The molecule has 23 heavy (non-hydrogen) atoms. The van der Waals surface area contributed by atoms with Gasteiger partial charge in [-0.2, -0.15) is 5.10 Å². The summed E-state index contributed by atoms with van der Waals surface area (Å²) in [5.41, 5.74) is 0. The van der Waals surface area contributed by atoms with Gasteiger partial charge in [0.1, 0.15) is 11.6 Å². The number of rotatable bonds is 4. The second-order valence-corrected chi connectivity index (χ2v) is 5.97. The number of anilines is 1. The van der Waals surface area contributed by atoms with Crippen LogP contribution in [0.25, 0.3) is 0 Å². The molecule has 0 aromatic carbocycles. The van der Waals surface area contributed by atoms with E-state index in [1.807, 2.05) is 26.0 Å². The van der Waals surface area contributed by atoms with Crippen LogP contribution < -0.4 is 5.32 Å². The maximum Gasteiger partial charge on any atom is 0.242 e. The van der Waals surface area contributed by atoms with Crippen LogP contribution in [0.15, 0.2) is 24.4 Å². The maximum atomic E-state index is 12.3. The summed E-state index contributed by atoms with van der Waals surface area (Å²) >= 11 is 0. The van der Waals surface area contributed by atoms with Crippen LogP contribution in [0.1, 0.15) is 37.3 Å². The highest BCUT2D eigenvalue weighted by atomic mass is 16.2. The molecule has 0 unspecified atom stereocenters. The van der Waals surface area contributed by atoms with E-state index in [9.17, 15) is 4.79 Å². The zero-order valence-electron chi connectivity index (χ0n) is 13.5. The van der Waals surface area contributed by atoms with Crippen molar-refractivity contribution in [2.24, 2.45) is 0 Å². The molecule has 3 heterocycles. The van der Waals surface area contributed by atoms with Crippen molar-refractivity contribution in [3.8, 4) is 0 Å². The predicted molar refractivity (Wildman–Crippen MR) is 87.0 cm³/mol. The van der Waals surface area contributed by atoms with Gasteiger partial charge in [-0.15, -0.1) is 0 Å². The SMILES string of the molecule is Cc1nc(C2CCN([C@@H](C)C(=O)Nc3ccccn3)CC2)n[nH]1. The number of amides is 1. The first-order chi connectivity index (χ1) is 11.1. The van der Waals surface area contributed by atoms with E-state index in [1.54, 1.807) is 12.3 Å². The number of hydrogen-bond acceptors (Lipinski definition) is 5. The van der Waals surface area contributed by atoms with Crippen molar-refractivity contribution in [1.82, 2.24) is 25.1 Å². The highest BCUT2D eigenvalue weighted by Gasteiger charge is 2.28. The maximum absolute atomic E-state index is 12.3. The minimum Gasteiger partial charge on any atom is -0.309 e. The average molecular weight is 314 g/mol. The third-order valence-corrected chi connectivity index (χ3v) is 4.35. The van der Waals surface area contributed by atoms with Crippen LogP contribution in [-0.2, 0) is 4.79 Å². The van der Waals surface area contributed by atoms with E-state index in [0.717, 1.165) is 37.6 Å². The van der Waals surface area contributed by atoms with Crippen LogP contribution in [0.4, 0.5) is 5.82 Å². The first-order valence-corrected chi connectivity index (χ1v) is 7.98. The molecule has 7 nitrogen and oxygen atoms in total. The van der Waals surface area contributed by atoms with Crippen LogP contribution >= 0.6 is 0 Å². The molecule has 0 bridgehead atoms. The molecule has 0 aliphatic carbocycles. The van der Waals surface area contributed by atoms with E-state index in [4.69, 9.17) is 0 Å². The lowest BCUT2D eigenvalue weighted by atomic mass is 9.95. The van der Waals surface area contributed by atoms with Crippen molar-refractivity contribution in [1.29, 1.82) is 0 Å². The minimum atomic E-state index is -0.174. The molecule has 2 aromatic rings. The van der Waals surface area contributed by atoms with Crippen molar-refractivity contribution >= 4 is 11.7 Å². The van der Waals surface area contributed by atoms with Crippen LogP contribution in [0.2, 0.25) is 0 Å². The Morgan fingerprint density at radius 3 is 2.78 bits per heavy atom. The van der Waals surface area contributed by atoms with Gasteiger partial charge in [-0.25, -0.2) is 9.97 Å². The second kappa shape index (κ2) is 6.87. The summed E-state index contributed by atoms with van der Waals surface area (Å²) in [5, 5.41) is 10.0. The van der Waals surface area contributed by atoms with Gasteiger partial charge < -0.3 is 5.32 Å². The first-order valence-electron chi connectivity index (χ1n) is 7.98. The molecule has 2 N–H and O–H groups in total. The van der Waals surface area contributed by atoms with Crippen molar-refractivity contribution < 1.29 is 4.79 Å². The topological polar surface area (TPSA) is 86.8 Å². The number of nitrogens with zero attached hydrogens (tertiary/aromatic N) is 4. The van der Waals surface area contributed by atoms with Crippen molar-refractivity contribution in [3.05, 3.63) is 36.0 Å². The summed E-state index contributed by atoms with van der Waals surface area (Å²) < 4.78 is 0. The number of aromatic nitrogens is 4. The molecule has 1 amide bonds. The van der Waals surface area contributed by atoms with Gasteiger partial charge in [0.05, 0.1) is 6.04 Å². The quantitative estimate of drug-likeness (QED) is 0.897. The van der Waals surface area contributed by atoms with Gasteiger partial charge in [0.25, 0.3) is 0 Å². The number of carbonyl (C=O) groups is 1. The van der Waals surface area contributed by atoms with Crippen molar-refractivity contribution in [3.63, 3.8) is 0 Å². The zero-order chi connectivity index (χ0) is 16.2. The highest BCUT2D eigenvalue weighted by Crippen LogP contribution is 2.26. The number of nitrogens with one attached hydrogen (secondary N) is 2. The molecule has 1 fully saturated rings. The minimum absolute atomic E-state index is 0.0177. The number of aryl methyl sites for hydroxylation is 1. The number of H-pyrrole nitrogens is 1. The molecule has 1 aliphatic rings. The van der Waals surface area contributed by atoms with Gasteiger partial charge in [-0.1, -0.05) is 6.07 Å². The Kier molecular flexibility index (Phi) is 4.66. The fourth-order valence-electron chi connectivity index (χ4n) is 2.92. The Bertz CT molecular complexity index is 648. The molecule has 122 valence electrons. The summed E-state index contributed by atoms with van der Waals surface area (Å²) in [4.78, 5) is 23.1. The summed E-state index contributed by atoms with van der Waals surface area (Å²) in [5.74, 6) is 2.70. The van der Waals surface area contributed by atoms with E-state index in [-0.39, 0.29) is 11.9 Å². The molecule has 0 spiro atoms. The summed E-state index contributed by atoms with van der Waals surface area (Å²) in [6.45, 7) is 5.59. The van der Waals surface area contributed by atoms with Crippen LogP contribution in [0.5, 0.6) is 0 Å². The fraction of sp³-hybridized carbons (Fsp3) is 0.500. The van der Waals surface area contributed by atoms with Gasteiger partial charge >= 0.3 is 0 Å². The number of likely N-dealkylation sites (tertiary alicyclic amines) is 1. The zero-order valence-corrected chi connectivity index (χ0v) is 13.5. The van der Waals surface area contributed by atoms with Crippen molar-refractivity contribution in [2.45, 2.75) is 38.6 Å². The highest BCUT2D eigenvalue weighted by molar-refractivity contribution is 5.93. The average Bonchev–Trinajstić information content (AvgIpc) is 3.02. The molecular weight excluding hydrogens is 292 g/mol. The van der Waals surface area contributed by atoms with Crippen molar-refractivity contribution in [2.75, 3.05) is 18.4 Å². The number of piperidine rings is 1. The first kappa shape index (κ1) is 15.6. The normalized spacial score (nSPS) is 17.8. The fourth-order valence-corrected chi connectivity index (χ4v) is 2.92. The van der Waals surface area contributed by atoms with E-state index in [0.29, 0.717) is 11.7 Å². The molecule has 0 radical (unpaired) electrons. The van der Waals surface area contributed by atoms with Gasteiger partial charge in [0.15, 0.2) is 5.82 Å².